The Morgan fingerprint density at radius 3 is 1.45 bits per heavy atom. The van der Waals surface area contributed by atoms with E-state index in [-0.39, 0.29) is 19.5 Å². The first-order valence-electron chi connectivity index (χ1n) is 17.5. The van der Waals surface area contributed by atoms with Crippen molar-refractivity contribution in [3.8, 4) is 0 Å². The van der Waals surface area contributed by atoms with E-state index >= 15 is 0 Å². The molecule has 0 radical (unpaired) electrons. The van der Waals surface area contributed by atoms with Gasteiger partial charge in [0.25, 0.3) is 0 Å². The summed E-state index contributed by atoms with van der Waals surface area (Å²) < 4.78 is 46.9. The number of hydrogen-bond acceptors (Lipinski definition) is 24. The molecule has 24 atom stereocenters. The maximum atomic E-state index is 11.6. The molecule has 310 valence electrons. The summed E-state index contributed by atoms with van der Waals surface area (Å²) in [5, 5.41) is 95.2. The lowest BCUT2D eigenvalue weighted by Crippen LogP contribution is -2.68. The van der Waals surface area contributed by atoms with Crippen LogP contribution < -0.4 is 40.1 Å². The molecule has 0 bridgehead atoms. The molecule has 1 saturated carbocycles. The van der Waals surface area contributed by atoms with Crippen LogP contribution in [0, 0.1) is 0 Å². The fourth-order valence-electron chi connectivity index (χ4n) is 7.17. The van der Waals surface area contributed by atoms with Gasteiger partial charge in [0.05, 0.1) is 37.4 Å². The Labute approximate surface area is 303 Å². The first-order chi connectivity index (χ1) is 25.0. The molecule has 4 heterocycles. The third-order valence-corrected chi connectivity index (χ3v) is 10.6. The van der Waals surface area contributed by atoms with Crippen molar-refractivity contribution in [2.24, 2.45) is 40.1 Å². The van der Waals surface area contributed by atoms with Gasteiger partial charge in [-0.1, -0.05) is 0 Å². The second kappa shape index (κ2) is 18.1. The van der Waals surface area contributed by atoms with Gasteiger partial charge in [-0.15, -0.1) is 0 Å². The summed E-state index contributed by atoms with van der Waals surface area (Å²) in [7, 11) is 0. The molecule has 5 rings (SSSR count). The van der Waals surface area contributed by atoms with Crippen molar-refractivity contribution in [1.29, 1.82) is 0 Å². The summed E-state index contributed by atoms with van der Waals surface area (Å²) >= 11 is 0. The predicted octanol–water partition coefficient (Wildman–Crippen LogP) is -11.1. The maximum absolute atomic E-state index is 11.6. The Morgan fingerprint density at radius 1 is 0.453 bits per heavy atom. The Hall–Kier alpha value is -0.960. The van der Waals surface area contributed by atoms with E-state index in [4.69, 9.17) is 78.0 Å². The van der Waals surface area contributed by atoms with Crippen LogP contribution in [-0.2, 0) is 37.9 Å². The van der Waals surface area contributed by atoms with E-state index in [1.165, 1.54) is 0 Å². The quantitative estimate of drug-likeness (QED) is 0.0875. The highest BCUT2D eigenvalue weighted by molar-refractivity contribution is 5.02. The lowest BCUT2D eigenvalue weighted by molar-refractivity contribution is -0.309. The van der Waals surface area contributed by atoms with Gasteiger partial charge in [-0.25, -0.2) is 0 Å². The van der Waals surface area contributed by atoms with Gasteiger partial charge < -0.3 is 124 Å². The molecule has 23 N–H and O–H groups in total. The average molecular weight is 776 g/mol. The zero-order chi connectivity index (χ0) is 39.0. The molecule has 53 heavy (non-hydrogen) atoms. The maximum Gasteiger partial charge on any atom is 0.187 e. The Bertz CT molecular complexity index is 1160. The van der Waals surface area contributed by atoms with Crippen molar-refractivity contribution in [2.45, 2.75) is 153 Å². The molecule has 0 aromatic rings. The highest BCUT2D eigenvalue weighted by Gasteiger charge is 2.55. The molecule has 4 saturated heterocycles. The van der Waals surface area contributed by atoms with Gasteiger partial charge in [-0.3, -0.25) is 0 Å². The van der Waals surface area contributed by atoms with Gasteiger partial charge in [0.15, 0.2) is 25.2 Å². The van der Waals surface area contributed by atoms with Crippen LogP contribution in [-0.4, -0.2) is 219 Å². The van der Waals surface area contributed by atoms with Crippen LogP contribution in [0.1, 0.15) is 6.42 Å². The topological polar surface area (TPSA) is 438 Å². The monoisotopic (exact) mass is 775 g/mol. The summed E-state index contributed by atoms with van der Waals surface area (Å²) in [5.41, 5.74) is 42.0. The molecule has 1 aliphatic carbocycles. The second-order valence-corrected chi connectivity index (χ2v) is 14.2. The summed E-state index contributed by atoms with van der Waals surface area (Å²) in [6, 6.07) is -5.68. The van der Waals surface area contributed by atoms with Crippen LogP contribution in [0.15, 0.2) is 0 Å². The SMILES string of the molecule is NC[C@@H]1O[C@H](O[C@H]2[C@@H](O)[C@H](O[C@@H]3[C@@H](O)[C@H](N)C[C@H](N)[C@H]3O[C@H]3O[C@H](CN)[C@@H](O)[C@H](O)[C@H]3N)O[C@@H]2CO[C@@H]2O[C@H](CO)[C@@H](N)[C@H](O)[C@H]2O)[C@H](N)[C@@H](O)[C@@H]1O. The fraction of sp³-hybridized carbons (Fsp3) is 1.00. The highest BCUT2D eigenvalue weighted by Crippen LogP contribution is 2.35. The van der Waals surface area contributed by atoms with E-state index in [0.29, 0.717) is 0 Å². The molecule has 24 heteroatoms. The van der Waals surface area contributed by atoms with Gasteiger partial charge >= 0.3 is 0 Å². The molecule has 0 spiro atoms. The lowest BCUT2D eigenvalue weighted by Gasteiger charge is -2.47. The van der Waals surface area contributed by atoms with E-state index in [1.54, 1.807) is 0 Å². The number of ether oxygens (including phenoxy) is 8. The van der Waals surface area contributed by atoms with Gasteiger partial charge in [0, 0.05) is 25.2 Å². The smallest absolute Gasteiger partial charge is 0.187 e. The first-order valence-corrected chi connectivity index (χ1v) is 17.5. The van der Waals surface area contributed by atoms with Crippen molar-refractivity contribution < 1.29 is 83.9 Å². The molecule has 5 fully saturated rings. The lowest BCUT2D eigenvalue weighted by atomic mass is 9.84. The molecule has 0 unspecified atom stereocenters. The molecular weight excluding hydrogens is 718 g/mol. The summed E-state index contributed by atoms with van der Waals surface area (Å²) in [5.74, 6) is 0. The number of aliphatic hydroxyl groups is 9. The molecule has 0 amide bonds. The normalized spacial score (nSPS) is 53.9. The van der Waals surface area contributed by atoms with Gasteiger partial charge in [-0.2, -0.15) is 0 Å². The third-order valence-electron chi connectivity index (χ3n) is 10.6. The van der Waals surface area contributed by atoms with Crippen LogP contribution in [0.3, 0.4) is 0 Å². The van der Waals surface area contributed by atoms with Crippen molar-refractivity contribution in [3.63, 3.8) is 0 Å². The largest absolute Gasteiger partial charge is 0.394 e. The first kappa shape index (κ1) is 43.2. The average Bonchev–Trinajstić information content (AvgIpc) is 3.43. The second-order valence-electron chi connectivity index (χ2n) is 14.2. The minimum absolute atomic E-state index is 0.0247. The Morgan fingerprint density at radius 2 is 0.925 bits per heavy atom. The van der Waals surface area contributed by atoms with Gasteiger partial charge in [0.1, 0.15) is 85.5 Å². The van der Waals surface area contributed by atoms with Crippen molar-refractivity contribution >= 4 is 0 Å². The minimum Gasteiger partial charge on any atom is -0.394 e. The molecular formula is C29H57N7O17. The van der Waals surface area contributed by atoms with Crippen LogP contribution >= 0.6 is 0 Å². The Kier molecular flexibility index (Phi) is 14.7. The summed E-state index contributed by atoms with van der Waals surface area (Å²) in [6.45, 7) is -1.60. The Balaban J connectivity index is 1.37. The summed E-state index contributed by atoms with van der Waals surface area (Å²) in [6.07, 6.45) is -27.3. The van der Waals surface area contributed by atoms with Gasteiger partial charge in [0.2, 0.25) is 0 Å². The van der Waals surface area contributed by atoms with E-state index < -0.39 is 160 Å². The molecule has 0 aromatic carbocycles. The number of rotatable bonds is 12. The van der Waals surface area contributed by atoms with Crippen molar-refractivity contribution in [2.75, 3.05) is 26.3 Å². The third kappa shape index (κ3) is 8.81. The van der Waals surface area contributed by atoms with Crippen LogP contribution in [0.5, 0.6) is 0 Å². The van der Waals surface area contributed by atoms with Crippen molar-refractivity contribution in [1.82, 2.24) is 0 Å². The molecule has 4 aliphatic heterocycles. The van der Waals surface area contributed by atoms with E-state index in [0.717, 1.165) is 0 Å². The van der Waals surface area contributed by atoms with E-state index in [9.17, 15) is 46.0 Å². The zero-order valence-corrected chi connectivity index (χ0v) is 28.7. The number of hydrogen-bond donors (Lipinski definition) is 16. The fourth-order valence-corrected chi connectivity index (χ4v) is 7.17. The highest BCUT2D eigenvalue weighted by atomic mass is 16.8. The van der Waals surface area contributed by atoms with Gasteiger partial charge in [-0.05, 0) is 6.42 Å². The zero-order valence-electron chi connectivity index (χ0n) is 28.7. The van der Waals surface area contributed by atoms with Crippen LogP contribution in [0.25, 0.3) is 0 Å². The van der Waals surface area contributed by atoms with Crippen LogP contribution in [0.4, 0.5) is 0 Å². The predicted molar refractivity (Wildman–Crippen MR) is 173 cm³/mol. The molecule has 24 nitrogen and oxygen atoms in total. The molecule has 5 aliphatic rings. The molecule has 0 aromatic heterocycles. The van der Waals surface area contributed by atoms with Crippen molar-refractivity contribution in [3.05, 3.63) is 0 Å². The summed E-state index contributed by atoms with van der Waals surface area (Å²) in [4.78, 5) is 0. The van der Waals surface area contributed by atoms with E-state index in [1.807, 2.05) is 0 Å². The van der Waals surface area contributed by atoms with Crippen LogP contribution in [0.2, 0.25) is 0 Å². The minimum atomic E-state index is -1.75. The number of nitrogens with two attached hydrogens (primary N) is 7. The number of aliphatic hydroxyl groups excluding tert-OH is 9. The standard InChI is InChI=1S/C29H57N7O17/c30-2-8-16(39)19(42)13(35)26(47-8)51-23-7(33)1-6(32)15(38)25(23)53-29-22(45)24(52-27-14(36)20(43)17(40)9(3-31)48-27)11(50-29)5-46-28-21(44)18(41)12(34)10(4-37)49-28/h6-29,37-45H,1-5,30-36H2/t6-,7+,8-,9+,10-,11-,12-,13-,14-,15+,16-,17-,18+,19-,20-,21-,22-,23-,24-,25-,26-,27-,28-,29+/m1/s1. The van der Waals surface area contributed by atoms with E-state index in [2.05, 4.69) is 0 Å².